The molecule has 2 heterocycles. The summed E-state index contributed by atoms with van der Waals surface area (Å²) in [6, 6.07) is 0. The second-order valence-electron chi connectivity index (χ2n) is 5.49. The molecule has 0 radical (unpaired) electrons. The van der Waals surface area contributed by atoms with Crippen molar-refractivity contribution in [2.75, 3.05) is 0 Å². The van der Waals surface area contributed by atoms with E-state index >= 15 is 0 Å². The molecule has 0 aromatic carbocycles. The zero-order valence-electron chi connectivity index (χ0n) is 11.6. The molecule has 1 aromatic rings. The zero-order valence-corrected chi connectivity index (χ0v) is 13.1. The summed E-state index contributed by atoms with van der Waals surface area (Å²) in [5.74, 6) is 0. The predicted octanol–water partition coefficient (Wildman–Crippen LogP) is 3.73. The smallest absolute Gasteiger partial charge is 0.398 e. The van der Waals surface area contributed by atoms with Gasteiger partial charge in [0.2, 0.25) is 0 Å². The van der Waals surface area contributed by atoms with Gasteiger partial charge in [-0.2, -0.15) is 0 Å². The molecule has 2 rings (SSSR count). The Morgan fingerprint density at radius 2 is 1.60 bits per heavy atom. The maximum Gasteiger partial charge on any atom is 0.525 e. The lowest BCUT2D eigenvalue weighted by Crippen LogP contribution is -2.41. The van der Waals surface area contributed by atoms with Crippen LogP contribution in [0.1, 0.15) is 33.3 Å². The number of rotatable bonds is 2. The number of halogens is 3. The van der Waals surface area contributed by atoms with Crippen molar-refractivity contribution < 1.29 is 13.7 Å². The summed E-state index contributed by atoms with van der Waals surface area (Å²) >= 11 is 11.7. The van der Waals surface area contributed by atoms with Gasteiger partial charge in [0, 0.05) is 0 Å². The zero-order chi connectivity index (χ0) is 15.1. The first-order chi connectivity index (χ1) is 9.14. The third-order valence-electron chi connectivity index (χ3n) is 3.55. The van der Waals surface area contributed by atoms with E-state index in [0.717, 1.165) is 6.08 Å². The molecule has 0 spiro atoms. The highest BCUT2D eigenvalue weighted by molar-refractivity contribution is 6.55. The molecule has 0 atom stereocenters. The fourth-order valence-electron chi connectivity index (χ4n) is 1.64. The number of aromatic nitrogens is 2. The van der Waals surface area contributed by atoms with Crippen molar-refractivity contribution in [1.29, 1.82) is 0 Å². The average molecular weight is 319 g/mol. The molecule has 20 heavy (non-hydrogen) atoms. The molecule has 1 fully saturated rings. The van der Waals surface area contributed by atoms with Crippen LogP contribution < -0.4 is 0 Å². The normalized spacial score (nSPS) is 21.4. The number of nitrogens with zero attached hydrogens (tertiary/aromatic N) is 2. The summed E-state index contributed by atoms with van der Waals surface area (Å²) in [5.41, 5.74) is -1.68. The fraction of sp³-hybridized carbons (Fsp3) is 0.500. The first-order valence-corrected chi connectivity index (χ1v) is 6.78. The van der Waals surface area contributed by atoms with Crippen molar-refractivity contribution in [1.82, 2.24) is 9.97 Å². The van der Waals surface area contributed by atoms with E-state index in [2.05, 4.69) is 9.97 Å². The molecular weight excluding hydrogens is 305 g/mol. The number of hydrogen-bond donors (Lipinski definition) is 0. The van der Waals surface area contributed by atoms with Crippen molar-refractivity contribution in [3.63, 3.8) is 0 Å². The second kappa shape index (κ2) is 5.26. The third kappa shape index (κ3) is 2.84. The van der Waals surface area contributed by atoms with Gasteiger partial charge in [0.15, 0.2) is 0 Å². The highest BCUT2D eigenvalue weighted by atomic mass is 35.5. The van der Waals surface area contributed by atoms with E-state index in [9.17, 15) is 4.39 Å². The van der Waals surface area contributed by atoms with Crippen LogP contribution in [0.4, 0.5) is 4.39 Å². The molecule has 1 aliphatic heterocycles. The van der Waals surface area contributed by atoms with Crippen LogP contribution in [0.5, 0.6) is 0 Å². The lowest BCUT2D eigenvalue weighted by Gasteiger charge is -2.32. The van der Waals surface area contributed by atoms with Crippen molar-refractivity contribution in [3.05, 3.63) is 27.9 Å². The largest absolute Gasteiger partial charge is 0.525 e. The summed E-state index contributed by atoms with van der Waals surface area (Å²) in [7, 11) is -1.10. The molecule has 0 bridgehead atoms. The van der Waals surface area contributed by atoms with Gasteiger partial charge in [0.1, 0.15) is 22.4 Å². The minimum atomic E-state index is -1.10. The van der Waals surface area contributed by atoms with Gasteiger partial charge in [-0.1, -0.05) is 23.2 Å². The molecule has 1 aromatic heterocycles. The molecule has 108 valence electrons. The Labute approximate surface area is 127 Å². The quantitative estimate of drug-likeness (QED) is 0.615. The lowest BCUT2D eigenvalue weighted by atomic mass is 9.87. The van der Waals surface area contributed by atoms with E-state index in [1.807, 2.05) is 27.7 Å². The van der Waals surface area contributed by atoms with E-state index in [0.29, 0.717) is 0 Å². The Kier molecular flexibility index (Phi) is 4.13. The van der Waals surface area contributed by atoms with Crippen molar-refractivity contribution >= 4 is 36.4 Å². The summed E-state index contributed by atoms with van der Waals surface area (Å²) < 4.78 is 25.4. The minimum absolute atomic E-state index is 0.0664. The Morgan fingerprint density at radius 3 is 2.05 bits per heavy atom. The highest BCUT2D eigenvalue weighted by Crippen LogP contribution is 2.39. The van der Waals surface area contributed by atoms with Crippen molar-refractivity contribution in [3.8, 4) is 0 Å². The standard InChI is InChI=1S/C12H14BCl2FN2O2/c1-11(2)12(3,4)20-13(19-11)8(16)5-7-9(14)17-6-18-10(7)15/h5-6H,1-4H3. The van der Waals surface area contributed by atoms with Gasteiger partial charge < -0.3 is 9.31 Å². The minimum Gasteiger partial charge on any atom is -0.398 e. The van der Waals surface area contributed by atoms with E-state index in [1.54, 1.807) is 0 Å². The van der Waals surface area contributed by atoms with Gasteiger partial charge in [0.25, 0.3) is 0 Å². The van der Waals surface area contributed by atoms with Crippen LogP contribution in [0.2, 0.25) is 10.3 Å². The van der Waals surface area contributed by atoms with Crippen LogP contribution >= 0.6 is 23.2 Å². The van der Waals surface area contributed by atoms with Crippen LogP contribution in [0.3, 0.4) is 0 Å². The van der Waals surface area contributed by atoms with Crippen LogP contribution in [0.25, 0.3) is 6.08 Å². The average Bonchev–Trinajstić information content (AvgIpc) is 2.53. The molecule has 0 aliphatic carbocycles. The fourth-order valence-corrected chi connectivity index (χ4v) is 2.06. The Balaban J connectivity index is 2.29. The van der Waals surface area contributed by atoms with Crippen LogP contribution in [-0.4, -0.2) is 28.3 Å². The Morgan fingerprint density at radius 1 is 1.15 bits per heavy atom. The van der Waals surface area contributed by atoms with E-state index in [-0.39, 0.29) is 15.9 Å². The summed E-state index contributed by atoms with van der Waals surface area (Å²) in [4.78, 5) is 7.51. The van der Waals surface area contributed by atoms with Crippen molar-refractivity contribution in [2.45, 2.75) is 38.9 Å². The van der Waals surface area contributed by atoms with Gasteiger partial charge in [-0.15, -0.1) is 0 Å². The first kappa shape index (κ1) is 15.7. The van der Waals surface area contributed by atoms with Crippen LogP contribution in [0.15, 0.2) is 12.1 Å². The Bertz CT molecular complexity index is 530. The molecule has 0 unspecified atom stereocenters. The molecule has 0 amide bonds. The van der Waals surface area contributed by atoms with E-state index in [4.69, 9.17) is 32.5 Å². The third-order valence-corrected chi connectivity index (χ3v) is 4.15. The molecule has 1 aliphatic rings. The number of hydrogen-bond acceptors (Lipinski definition) is 4. The SMILES string of the molecule is CC1(C)OB(C(F)=Cc2c(Cl)ncnc2Cl)OC1(C)C. The monoisotopic (exact) mass is 318 g/mol. The molecule has 0 N–H and O–H groups in total. The van der Waals surface area contributed by atoms with Gasteiger partial charge in [-0.25, -0.2) is 14.4 Å². The van der Waals surface area contributed by atoms with Crippen molar-refractivity contribution in [2.24, 2.45) is 0 Å². The maximum absolute atomic E-state index is 14.3. The summed E-state index contributed by atoms with van der Waals surface area (Å²) in [6.07, 6.45) is 2.33. The predicted molar refractivity (Wildman–Crippen MR) is 77.2 cm³/mol. The Hall–Kier alpha value is -0.685. The molecule has 8 heteroatoms. The molecule has 1 saturated heterocycles. The molecular formula is C12H14BCl2FN2O2. The van der Waals surface area contributed by atoms with Gasteiger partial charge in [-0.3, -0.25) is 0 Å². The summed E-state index contributed by atoms with van der Waals surface area (Å²) in [5, 5.41) is 0.133. The van der Waals surface area contributed by atoms with Crippen LogP contribution in [0, 0.1) is 0 Å². The van der Waals surface area contributed by atoms with E-state index in [1.165, 1.54) is 6.33 Å². The van der Waals surface area contributed by atoms with Gasteiger partial charge >= 0.3 is 7.12 Å². The molecule has 0 saturated carbocycles. The topological polar surface area (TPSA) is 44.2 Å². The van der Waals surface area contributed by atoms with Gasteiger partial charge in [0.05, 0.1) is 16.8 Å². The van der Waals surface area contributed by atoms with E-state index < -0.39 is 24.0 Å². The lowest BCUT2D eigenvalue weighted by molar-refractivity contribution is 0.00578. The van der Waals surface area contributed by atoms with Gasteiger partial charge in [-0.05, 0) is 33.8 Å². The first-order valence-electron chi connectivity index (χ1n) is 6.03. The second-order valence-corrected chi connectivity index (χ2v) is 6.20. The summed E-state index contributed by atoms with van der Waals surface area (Å²) in [6.45, 7) is 7.36. The van der Waals surface area contributed by atoms with Crippen LogP contribution in [-0.2, 0) is 9.31 Å². The molecule has 4 nitrogen and oxygen atoms in total. The maximum atomic E-state index is 14.3. The highest BCUT2D eigenvalue weighted by Gasteiger charge is 2.53.